The molecule has 1 fully saturated rings. The Morgan fingerprint density at radius 2 is 2.15 bits per heavy atom. The molecule has 0 unspecified atom stereocenters. The number of rotatable bonds is 1. The highest BCUT2D eigenvalue weighted by molar-refractivity contribution is 5.30. The van der Waals surface area contributed by atoms with Crippen LogP contribution < -0.4 is 5.32 Å². The van der Waals surface area contributed by atoms with Gasteiger partial charge in [0.1, 0.15) is 11.4 Å². The molecule has 0 atom stereocenters. The zero-order chi connectivity index (χ0) is 9.47. The van der Waals surface area contributed by atoms with Crippen LogP contribution in [0.4, 0.5) is 4.39 Å². The predicted octanol–water partition coefficient (Wildman–Crippen LogP) is 0.925. The van der Waals surface area contributed by atoms with Crippen LogP contribution in [0.1, 0.15) is 11.1 Å². The lowest BCUT2D eigenvalue weighted by Crippen LogP contribution is -2.57. The van der Waals surface area contributed by atoms with E-state index in [0.717, 1.165) is 5.56 Å². The first kappa shape index (κ1) is 8.66. The van der Waals surface area contributed by atoms with Gasteiger partial charge in [0.25, 0.3) is 0 Å². The van der Waals surface area contributed by atoms with Crippen LogP contribution in [-0.4, -0.2) is 18.2 Å². The molecule has 0 aromatic heterocycles. The van der Waals surface area contributed by atoms with Gasteiger partial charge in [-0.25, -0.2) is 4.39 Å². The van der Waals surface area contributed by atoms with E-state index in [2.05, 4.69) is 5.32 Å². The third-order valence-corrected chi connectivity index (χ3v) is 2.46. The minimum atomic E-state index is -0.988. The Balaban J connectivity index is 2.40. The zero-order valence-corrected chi connectivity index (χ0v) is 7.47. The maximum Gasteiger partial charge on any atom is 0.129 e. The third-order valence-electron chi connectivity index (χ3n) is 2.46. The molecule has 1 aromatic carbocycles. The van der Waals surface area contributed by atoms with Gasteiger partial charge in [-0.2, -0.15) is 0 Å². The Morgan fingerprint density at radius 3 is 2.62 bits per heavy atom. The lowest BCUT2D eigenvalue weighted by Gasteiger charge is -2.38. The summed E-state index contributed by atoms with van der Waals surface area (Å²) in [5.41, 5.74) is 0.284. The minimum absolute atomic E-state index is 0.316. The number of benzene rings is 1. The topological polar surface area (TPSA) is 32.3 Å². The van der Waals surface area contributed by atoms with Crippen LogP contribution in [0.3, 0.4) is 0 Å². The number of aryl methyl sites for hydroxylation is 1. The van der Waals surface area contributed by atoms with E-state index in [0.29, 0.717) is 18.7 Å². The monoisotopic (exact) mass is 181 g/mol. The highest BCUT2D eigenvalue weighted by Crippen LogP contribution is 2.27. The van der Waals surface area contributed by atoms with Crippen molar-refractivity contribution in [3.63, 3.8) is 0 Å². The summed E-state index contributed by atoms with van der Waals surface area (Å²) in [6.45, 7) is 2.70. The molecule has 1 aliphatic rings. The molecular formula is C10H12FNO. The van der Waals surface area contributed by atoms with Crippen LogP contribution >= 0.6 is 0 Å². The molecule has 1 aliphatic heterocycles. The highest BCUT2D eigenvalue weighted by atomic mass is 19.1. The molecule has 0 bridgehead atoms. The SMILES string of the molecule is Cc1ccc(C2(O)CNC2)c(F)c1. The summed E-state index contributed by atoms with van der Waals surface area (Å²) in [6, 6.07) is 4.92. The molecule has 3 heteroatoms. The van der Waals surface area contributed by atoms with E-state index < -0.39 is 5.60 Å². The maximum absolute atomic E-state index is 13.4. The highest BCUT2D eigenvalue weighted by Gasteiger charge is 2.38. The van der Waals surface area contributed by atoms with Crippen LogP contribution in [0.25, 0.3) is 0 Å². The van der Waals surface area contributed by atoms with E-state index in [1.165, 1.54) is 6.07 Å². The molecule has 70 valence electrons. The Bertz CT molecular complexity index is 334. The second-order valence-corrected chi connectivity index (χ2v) is 3.62. The Hall–Kier alpha value is -0.930. The molecule has 2 rings (SSSR count). The van der Waals surface area contributed by atoms with Crippen molar-refractivity contribution >= 4 is 0 Å². The summed E-state index contributed by atoms with van der Waals surface area (Å²) in [4.78, 5) is 0. The molecule has 0 spiro atoms. The molecule has 1 saturated heterocycles. The van der Waals surface area contributed by atoms with Crippen molar-refractivity contribution in [1.29, 1.82) is 0 Å². The van der Waals surface area contributed by atoms with Crippen LogP contribution in [-0.2, 0) is 5.60 Å². The second kappa shape index (κ2) is 2.79. The molecule has 0 amide bonds. The third kappa shape index (κ3) is 1.34. The van der Waals surface area contributed by atoms with Gasteiger partial charge in [-0.05, 0) is 18.6 Å². The van der Waals surface area contributed by atoms with Gasteiger partial charge in [0.15, 0.2) is 0 Å². The lowest BCUT2D eigenvalue weighted by atomic mass is 9.87. The van der Waals surface area contributed by atoms with Crippen molar-refractivity contribution in [1.82, 2.24) is 5.32 Å². The van der Waals surface area contributed by atoms with Gasteiger partial charge < -0.3 is 10.4 Å². The van der Waals surface area contributed by atoms with E-state index in [4.69, 9.17) is 0 Å². The predicted molar refractivity (Wildman–Crippen MR) is 47.9 cm³/mol. The second-order valence-electron chi connectivity index (χ2n) is 3.62. The first-order chi connectivity index (χ1) is 6.12. The number of aliphatic hydroxyl groups is 1. The molecule has 0 radical (unpaired) electrons. The summed E-state index contributed by atoms with van der Waals surface area (Å²) in [5.74, 6) is -0.316. The van der Waals surface area contributed by atoms with Gasteiger partial charge in [-0.15, -0.1) is 0 Å². The molecular weight excluding hydrogens is 169 g/mol. The molecule has 1 aromatic rings. The van der Waals surface area contributed by atoms with Gasteiger partial charge in [0, 0.05) is 18.7 Å². The average molecular weight is 181 g/mol. The number of hydrogen-bond acceptors (Lipinski definition) is 2. The minimum Gasteiger partial charge on any atom is -0.382 e. The fourth-order valence-electron chi connectivity index (χ4n) is 1.55. The quantitative estimate of drug-likeness (QED) is 0.675. The largest absolute Gasteiger partial charge is 0.382 e. The van der Waals surface area contributed by atoms with E-state index >= 15 is 0 Å². The van der Waals surface area contributed by atoms with Crippen molar-refractivity contribution in [3.8, 4) is 0 Å². The van der Waals surface area contributed by atoms with Crippen LogP contribution in [0.2, 0.25) is 0 Å². The Labute approximate surface area is 76.4 Å². The van der Waals surface area contributed by atoms with Crippen LogP contribution in [0.5, 0.6) is 0 Å². The molecule has 0 saturated carbocycles. The van der Waals surface area contributed by atoms with E-state index in [9.17, 15) is 9.50 Å². The van der Waals surface area contributed by atoms with Crippen molar-refractivity contribution in [2.45, 2.75) is 12.5 Å². The van der Waals surface area contributed by atoms with Crippen molar-refractivity contribution < 1.29 is 9.50 Å². The van der Waals surface area contributed by atoms with Crippen molar-refractivity contribution in [3.05, 3.63) is 35.1 Å². The average Bonchev–Trinajstić information content (AvgIpc) is 2.00. The van der Waals surface area contributed by atoms with Gasteiger partial charge in [-0.1, -0.05) is 12.1 Å². The normalized spacial score (nSPS) is 19.6. The van der Waals surface area contributed by atoms with Crippen molar-refractivity contribution in [2.75, 3.05) is 13.1 Å². The van der Waals surface area contributed by atoms with E-state index in [1.54, 1.807) is 6.07 Å². The molecule has 0 aliphatic carbocycles. The summed E-state index contributed by atoms with van der Waals surface area (Å²) in [6.07, 6.45) is 0. The number of nitrogens with one attached hydrogen (secondary N) is 1. The Kier molecular flexibility index (Phi) is 1.86. The number of β-amino-alcohol motifs (C(OH)–C–C–N with tert-alkyl or cyclic N) is 1. The molecule has 1 heterocycles. The van der Waals surface area contributed by atoms with Gasteiger partial charge in [-0.3, -0.25) is 0 Å². The van der Waals surface area contributed by atoms with Crippen molar-refractivity contribution in [2.24, 2.45) is 0 Å². The zero-order valence-electron chi connectivity index (χ0n) is 7.47. The van der Waals surface area contributed by atoms with E-state index in [-0.39, 0.29) is 5.82 Å². The summed E-state index contributed by atoms with van der Waals surface area (Å²) in [7, 11) is 0. The number of hydrogen-bond donors (Lipinski definition) is 2. The maximum atomic E-state index is 13.4. The van der Waals surface area contributed by atoms with Crippen LogP contribution in [0.15, 0.2) is 18.2 Å². The smallest absolute Gasteiger partial charge is 0.129 e. The van der Waals surface area contributed by atoms with Crippen LogP contribution in [0, 0.1) is 12.7 Å². The molecule has 13 heavy (non-hydrogen) atoms. The fraction of sp³-hybridized carbons (Fsp3) is 0.400. The standard InChI is InChI=1S/C10H12FNO/c1-7-2-3-8(9(11)4-7)10(13)5-12-6-10/h2-4,12-13H,5-6H2,1H3. The summed E-state index contributed by atoms with van der Waals surface area (Å²) < 4.78 is 13.4. The number of halogens is 1. The first-order valence-corrected chi connectivity index (χ1v) is 4.31. The lowest BCUT2D eigenvalue weighted by molar-refractivity contribution is -0.0176. The summed E-state index contributed by atoms with van der Waals surface area (Å²) >= 11 is 0. The van der Waals surface area contributed by atoms with Gasteiger partial charge in [0.2, 0.25) is 0 Å². The molecule has 2 N–H and O–H groups in total. The fourth-order valence-corrected chi connectivity index (χ4v) is 1.55. The van der Waals surface area contributed by atoms with E-state index in [1.807, 2.05) is 13.0 Å². The molecule has 2 nitrogen and oxygen atoms in total. The Morgan fingerprint density at radius 1 is 1.46 bits per heavy atom. The summed E-state index contributed by atoms with van der Waals surface area (Å²) in [5, 5.41) is 12.8. The first-order valence-electron chi connectivity index (χ1n) is 4.31. The van der Waals surface area contributed by atoms with Gasteiger partial charge in [0.05, 0.1) is 0 Å². The van der Waals surface area contributed by atoms with Gasteiger partial charge >= 0.3 is 0 Å².